The van der Waals surface area contributed by atoms with Crippen molar-refractivity contribution in [1.29, 1.82) is 0 Å². The van der Waals surface area contributed by atoms with Crippen LogP contribution in [0.15, 0.2) is 72.8 Å². The third kappa shape index (κ3) is 2.88. The zero-order valence-electron chi connectivity index (χ0n) is 14.9. The van der Waals surface area contributed by atoms with E-state index in [0.29, 0.717) is 13.1 Å². The molecule has 4 N–H and O–H groups in total. The summed E-state index contributed by atoms with van der Waals surface area (Å²) in [6.07, 6.45) is 1.73. The molecule has 0 spiro atoms. The van der Waals surface area contributed by atoms with Crippen molar-refractivity contribution < 1.29 is 0 Å². The fraction of sp³-hybridized carbons (Fsp3) is 0.167. The predicted molar refractivity (Wildman–Crippen MR) is 112 cm³/mol. The van der Waals surface area contributed by atoms with E-state index in [4.69, 9.17) is 11.5 Å². The third-order valence-electron chi connectivity index (χ3n) is 5.11. The van der Waals surface area contributed by atoms with E-state index in [1.807, 2.05) is 0 Å². The van der Waals surface area contributed by atoms with Gasteiger partial charge in [-0.05, 0) is 69.7 Å². The highest BCUT2D eigenvalue weighted by Crippen LogP contribution is 2.39. The fourth-order valence-electron chi connectivity index (χ4n) is 3.95. The number of rotatable bonds is 5. The minimum atomic E-state index is 0.641. The molecule has 0 saturated heterocycles. The molecule has 2 heteroatoms. The highest BCUT2D eigenvalue weighted by molar-refractivity contribution is 6.07. The Morgan fingerprint density at radius 1 is 0.500 bits per heavy atom. The minimum Gasteiger partial charge on any atom is -0.330 e. The normalized spacial score (nSPS) is 11.3. The Labute approximate surface area is 154 Å². The van der Waals surface area contributed by atoms with Crippen LogP contribution < -0.4 is 11.5 Å². The first-order chi connectivity index (χ1) is 12.8. The number of hydrogen-bond acceptors (Lipinski definition) is 2. The monoisotopic (exact) mass is 340 g/mol. The molecule has 0 aromatic heterocycles. The summed E-state index contributed by atoms with van der Waals surface area (Å²) in [6, 6.07) is 26.1. The van der Waals surface area contributed by atoms with Gasteiger partial charge in [0.2, 0.25) is 0 Å². The van der Waals surface area contributed by atoms with E-state index in [0.717, 1.165) is 12.8 Å². The lowest BCUT2D eigenvalue weighted by atomic mass is 9.85. The largest absolute Gasteiger partial charge is 0.330 e. The van der Waals surface area contributed by atoms with Gasteiger partial charge < -0.3 is 11.5 Å². The van der Waals surface area contributed by atoms with Gasteiger partial charge in [0.15, 0.2) is 0 Å². The smallest absolute Gasteiger partial charge is 0.00365 e. The van der Waals surface area contributed by atoms with Gasteiger partial charge in [-0.15, -0.1) is 0 Å². The van der Waals surface area contributed by atoms with E-state index in [2.05, 4.69) is 72.8 Å². The van der Waals surface area contributed by atoms with Crippen LogP contribution in [0.1, 0.15) is 11.1 Å². The molecule has 0 aliphatic rings. The molecule has 0 amide bonds. The molecule has 0 aliphatic carbocycles. The molecule has 0 bridgehead atoms. The molecule has 0 radical (unpaired) electrons. The van der Waals surface area contributed by atoms with Crippen LogP contribution in [0.4, 0.5) is 0 Å². The van der Waals surface area contributed by atoms with E-state index >= 15 is 0 Å². The van der Waals surface area contributed by atoms with Gasteiger partial charge in [-0.3, -0.25) is 0 Å². The first-order valence-electron chi connectivity index (χ1n) is 9.25. The standard InChI is InChI=1S/C24H24N2/c25-15-13-19-11-9-17-5-1-3-7-21(17)23(19)24-20(14-16-26)12-10-18-6-2-4-8-22(18)24/h1-12H,13-16,25-26H2. The Morgan fingerprint density at radius 3 is 1.35 bits per heavy atom. The van der Waals surface area contributed by atoms with Gasteiger partial charge in [0.25, 0.3) is 0 Å². The molecule has 0 fully saturated rings. The van der Waals surface area contributed by atoms with Crippen molar-refractivity contribution in [3.63, 3.8) is 0 Å². The Bertz CT molecular complexity index is 979. The summed E-state index contributed by atoms with van der Waals surface area (Å²) in [6.45, 7) is 1.28. The lowest BCUT2D eigenvalue weighted by Crippen LogP contribution is -2.07. The minimum absolute atomic E-state index is 0.641. The van der Waals surface area contributed by atoms with Crippen molar-refractivity contribution in [2.45, 2.75) is 12.8 Å². The van der Waals surface area contributed by atoms with Crippen LogP contribution in [0.3, 0.4) is 0 Å². The molecule has 0 saturated carbocycles. The number of benzene rings is 4. The average Bonchev–Trinajstić information content (AvgIpc) is 2.69. The van der Waals surface area contributed by atoms with Gasteiger partial charge in [-0.2, -0.15) is 0 Å². The van der Waals surface area contributed by atoms with Gasteiger partial charge in [0, 0.05) is 0 Å². The maximum Gasteiger partial charge on any atom is -0.00365 e. The molecule has 130 valence electrons. The van der Waals surface area contributed by atoms with Crippen LogP contribution in [-0.2, 0) is 12.8 Å². The summed E-state index contributed by atoms with van der Waals surface area (Å²) >= 11 is 0. The number of nitrogens with two attached hydrogens (primary N) is 2. The lowest BCUT2D eigenvalue weighted by molar-refractivity contribution is 0.963. The Balaban J connectivity index is 2.15. The SMILES string of the molecule is NCCc1ccc2ccccc2c1-c1c(CCN)ccc2ccccc12. The van der Waals surface area contributed by atoms with Crippen molar-refractivity contribution in [2.75, 3.05) is 13.1 Å². The van der Waals surface area contributed by atoms with Gasteiger partial charge in [-0.25, -0.2) is 0 Å². The van der Waals surface area contributed by atoms with Crippen molar-refractivity contribution in [1.82, 2.24) is 0 Å². The van der Waals surface area contributed by atoms with Crippen LogP contribution in [-0.4, -0.2) is 13.1 Å². The van der Waals surface area contributed by atoms with E-state index in [1.54, 1.807) is 0 Å². The molecule has 0 unspecified atom stereocenters. The summed E-state index contributed by atoms with van der Waals surface area (Å²) in [5.41, 5.74) is 17.1. The maximum atomic E-state index is 5.94. The van der Waals surface area contributed by atoms with Crippen molar-refractivity contribution >= 4 is 21.5 Å². The first-order valence-corrected chi connectivity index (χ1v) is 9.25. The maximum absolute atomic E-state index is 5.94. The molecule has 26 heavy (non-hydrogen) atoms. The summed E-state index contributed by atoms with van der Waals surface area (Å²) in [5.74, 6) is 0. The van der Waals surface area contributed by atoms with E-state index in [1.165, 1.54) is 43.8 Å². The van der Waals surface area contributed by atoms with Gasteiger partial charge in [0.05, 0.1) is 0 Å². The van der Waals surface area contributed by atoms with Crippen molar-refractivity contribution in [2.24, 2.45) is 11.5 Å². The highest BCUT2D eigenvalue weighted by Gasteiger charge is 2.16. The predicted octanol–water partition coefficient (Wildman–Crippen LogP) is 4.66. The highest BCUT2D eigenvalue weighted by atomic mass is 14.5. The van der Waals surface area contributed by atoms with Crippen molar-refractivity contribution in [3.05, 3.63) is 83.9 Å². The number of hydrogen-bond donors (Lipinski definition) is 2. The Kier molecular flexibility index (Phi) is 4.70. The molecule has 4 aromatic rings. The van der Waals surface area contributed by atoms with E-state index < -0.39 is 0 Å². The zero-order chi connectivity index (χ0) is 17.9. The summed E-state index contributed by atoms with van der Waals surface area (Å²) < 4.78 is 0. The fourth-order valence-corrected chi connectivity index (χ4v) is 3.95. The molecular weight excluding hydrogens is 316 g/mol. The summed E-state index contributed by atoms with van der Waals surface area (Å²) in [5, 5.41) is 5.09. The summed E-state index contributed by atoms with van der Waals surface area (Å²) in [7, 11) is 0. The molecule has 0 atom stereocenters. The zero-order valence-corrected chi connectivity index (χ0v) is 14.9. The quantitative estimate of drug-likeness (QED) is 0.555. The molecule has 0 aliphatic heterocycles. The second kappa shape index (κ2) is 7.28. The first kappa shape index (κ1) is 16.8. The van der Waals surface area contributed by atoms with Crippen LogP contribution in [0.2, 0.25) is 0 Å². The van der Waals surface area contributed by atoms with Gasteiger partial charge in [-0.1, -0.05) is 72.8 Å². The van der Waals surface area contributed by atoms with Crippen LogP contribution in [0.5, 0.6) is 0 Å². The Morgan fingerprint density at radius 2 is 0.923 bits per heavy atom. The average molecular weight is 340 g/mol. The third-order valence-corrected chi connectivity index (χ3v) is 5.11. The molecular formula is C24H24N2. The van der Waals surface area contributed by atoms with Crippen LogP contribution in [0.25, 0.3) is 32.7 Å². The van der Waals surface area contributed by atoms with E-state index in [9.17, 15) is 0 Å². The number of fused-ring (bicyclic) bond motifs is 2. The second-order valence-electron chi connectivity index (χ2n) is 6.72. The molecule has 4 rings (SSSR count). The van der Waals surface area contributed by atoms with Gasteiger partial charge >= 0.3 is 0 Å². The van der Waals surface area contributed by atoms with E-state index in [-0.39, 0.29) is 0 Å². The van der Waals surface area contributed by atoms with Crippen LogP contribution >= 0.6 is 0 Å². The van der Waals surface area contributed by atoms with Crippen LogP contribution in [0, 0.1) is 0 Å². The Hall–Kier alpha value is -2.68. The topological polar surface area (TPSA) is 52.0 Å². The molecule has 4 aromatic carbocycles. The summed E-state index contributed by atoms with van der Waals surface area (Å²) in [4.78, 5) is 0. The lowest BCUT2D eigenvalue weighted by Gasteiger charge is -2.19. The molecule has 0 heterocycles. The molecule has 2 nitrogen and oxygen atoms in total. The van der Waals surface area contributed by atoms with Gasteiger partial charge in [0.1, 0.15) is 0 Å². The second-order valence-corrected chi connectivity index (χ2v) is 6.72. The van der Waals surface area contributed by atoms with Crippen molar-refractivity contribution in [3.8, 4) is 11.1 Å².